The molecule has 0 atom stereocenters. The monoisotopic (exact) mass is 463 g/mol. The zero-order valence-electron chi connectivity index (χ0n) is 19.6. The molecule has 174 valence electrons. The smallest absolute Gasteiger partial charge is 0.257 e. The van der Waals surface area contributed by atoms with Crippen molar-refractivity contribution in [3.63, 3.8) is 0 Å². The highest BCUT2D eigenvalue weighted by atomic mass is 16.5. The standard InChI is InChI=1S/C28H25N5O2/c1-31(18-21-17-29-32(19-21)22-11-5-3-6-12-22)28(34)25-20-33(23-13-7-4-8-14-23)30-27(25)24-15-9-10-16-26(24)35-2/h3-17,19-20H,18H2,1-2H3. The van der Waals surface area contributed by atoms with Crippen LogP contribution < -0.4 is 4.74 Å². The summed E-state index contributed by atoms with van der Waals surface area (Å²) >= 11 is 0. The van der Waals surface area contributed by atoms with Gasteiger partial charge in [-0.25, -0.2) is 9.36 Å². The first-order valence-electron chi connectivity index (χ1n) is 11.3. The van der Waals surface area contributed by atoms with E-state index >= 15 is 0 Å². The number of ether oxygens (including phenoxy) is 1. The second-order valence-corrected chi connectivity index (χ2v) is 8.16. The summed E-state index contributed by atoms with van der Waals surface area (Å²) in [6.45, 7) is 0.410. The summed E-state index contributed by atoms with van der Waals surface area (Å²) < 4.78 is 9.10. The van der Waals surface area contributed by atoms with Crippen molar-refractivity contribution in [2.75, 3.05) is 14.2 Å². The van der Waals surface area contributed by atoms with Crippen molar-refractivity contribution in [2.24, 2.45) is 0 Å². The van der Waals surface area contributed by atoms with Gasteiger partial charge in [0.15, 0.2) is 0 Å². The molecule has 1 amide bonds. The van der Waals surface area contributed by atoms with E-state index in [9.17, 15) is 4.79 Å². The van der Waals surface area contributed by atoms with Gasteiger partial charge in [0.25, 0.3) is 5.91 Å². The number of carbonyl (C=O) groups is 1. The quantitative estimate of drug-likeness (QED) is 0.341. The van der Waals surface area contributed by atoms with Crippen LogP contribution in [0.4, 0.5) is 0 Å². The van der Waals surface area contributed by atoms with Crippen LogP contribution in [0.3, 0.4) is 0 Å². The number of nitrogens with zero attached hydrogens (tertiary/aromatic N) is 5. The first-order valence-corrected chi connectivity index (χ1v) is 11.3. The van der Waals surface area contributed by atoms with Gasteiger partial charge in [-0.15, -0.1) is 0 Å². The van der Waals surface area contributed by atoms with E-state index in [4.69, 9.17) is 9.84 Å². The first kappa shape index (κ1) is 22.2. The number of para-hydroxylation sites is 3. The summed E-state index contributed by atoms with van der Waals surface area (Å²) in [5.41, 5.74) is 4.60. The number of carbonyl (C=O) groups excluding carboxylic acids is 1. The fourth-order valence-corrected chi connectivity index (χ4v) is 4.00. The van der Waals surface area contributed by atoms with Crippen molar-refractivity contribution in [3.8, 4) is 28.4 Å². The minimum Gasteiger partial charge on any atom is -0.496 e. The number of benzene rings is 3. The Kier molecular flexibility index (Phi) is 6.13. The molecule has 0 aliphatic rings. The highest BCUT2D eigenvalue weighted by molar-refractivity contribution is 6.00. The van der Waals surface area contributed by atoms with Crippen molar-refractivity contribution in [1.29, 1.82) is 0 Å². The number of aromatic nitrogens is 4. The summed E-state index contributed by atoms with van der Waals surface area (Å²) in [7, 11) is 3.40. The van der Waals surface area contributed by atoms with E-state index in [-0.39, 0.29) is 5.91 Å². The lowest BCUT2D eigenvalue weighted by molar-refractivity contribution is 0.0786. The molecule has 0 spiro atoms. The van der Waals surface area contributed by atoms with Gasteiger partial charge in [0.05, 0.1) is 30.2 Å². The van der Waals surface area contributed by atoms with Crippen molar-refractivity contribution in [3.05, 3.63) is 115 Å². The molecule has 0 N–H and O–H groups in total. The molecular weight excluding hydrogens is 438 g/mol. The Morgan fingerprint density at radius 3 is 2.17 bits per heavy atom. The number of methoxy groups -OCH3 is 1. The van der Waals surface area contributed by atoms with Gasteiger partial charge in [-0.1, -0.05) is 48.5 Å². The van der Waals surface area contributed by atoms with Crippen LogP contribution in [0.25, 0.3) is 22.6 Å². The van der Waals surface area contributed by atoms with E-state index in [0.29, 0.717) is 23.6 Å². The van der Waals surface area contributed by atoms with E-state index in [0.717, 1.165) is 22.5 Å². The largest absolute Gasteiger partial charge is 0.496 e. The van der Waals surface area contributed by atoms with Crippen molar-refractivity contribution >= 4 is 5.91 Å². The van der Waals surface area contributed by atoms with Gasteiger partial charge in [-0.2, -0.15) is 10.2 Å². The van der Waals surface area contributed by atoms with Crippen LogP contribution in [0, 0.1) is 0 Å². The molecule has 0 unspecified atom stereocenters. The van der Waals surface area contributed by atoms with Gasteiger partial charge in [-0.3, -0.25) is 4.79 Å². The average Bonchev–Trinajstić information content (AvgIpc) is 3.57. The number of hydrogen-bond donors (Lipinski definition) is 0. The molecule has 7 nitrogen and oxygen atoms in total. The van der Waals surface area contributed by atoms with Gasteiger partial charge >= 0.3 is 0 Å². The predicted octanol–water partition coefficient (Wildman–Crippen LogP) is 5.01. The van der Waals surface area contributed by atoms with Crippen LogP contribution in [0.1, 0.15) is 15.9 Å². The molecule has 2 aromatic heterocycles. The summed E-state index contributed by atoms with van der Waals surface area (Å²) in [6.07, 6.45) is 5.50. The van der Waals surface area contributed by atoms with Crippen LogP contribution in [-0.4, -0.2) is 44.5 Å². The molecule has 2 heterocycles. The molecule has 5 aromatic rings. The number of rotatable bonds is 7. The van der Waals surface area contributed by atoms with Gasteiger partial charge in [0.2, 0.25) is 0 Å². The van der Waals surface area contributed by atoms with Crippen LogP contribution in [-0.2, 0) is 6.54 Å². The fourth-order valence-electron chi connectivity index (χ4n) is 4.00. The van der Waals surface area contributed by atoms with Crippen molar-refractivity contribution in [1.82, 2.24) is 24.5 Å². The predicted molar refractivity (Wildman–Crippen MR) is 135 cm³/mol. The highest BCUT2D eigenvalue weighted by Gasteiger charge is 2.24. The lowest BCUT2D eigenvalue weighted by Gasteiger charge is -2.16. The molecule has 0 radical (unpaired) electrons. The Morgan fingerprint density at radius 2 is 1.49 bits per heavy atom. The number of hydrogen-bond acceptors (Lipinski definition) is 4. The Morgan fingerprint density at radius 1 is 0.857 bits per heavy atom. The highest BCUT2D eigenvalue weighted by Crippen LogP contribution is 2.32. The number of amides is 1. The molecule has 0 fully saturated rings. The normalized spacial score (nSPS) is 10.8. The molecule has 7 heteroatoms. The fraction of sp³-hybridized carbons (Fsp3) is 0.107. The Hall–Kier alpha value is -4.65. The summed E-state index contributed by atoms with van der Waals surface area (Å²) in [5, 5.41) is 9.24. The Balaban J connectivity index is 1.48. The van der Waals surface area contributed by atoms with E-state index in [1.165, 1.54) is 0 Å². The summed E-state index contributed by atoms with van der Waals surface area (Å²) in [6, 6.07) is 27.2. The molecule has 3 aromatic carbocycles. The van der Waals surface area contributed by atoms with E-state index in [2.05, 4.69) is 5.10 Å². The van der Waals surface area contributed by atoms with Crippen LogP contribution >= 0.6 is 0 Å². The average molecular weight is 464 g/mol. The van der Waals surface area contributed by atoms with Crippen LogP contribution in [0.2, 0.25) is 0 Å². The molecule has 0 bridgehead atoms. The van der Waals surface area contributed by atoms with Crippen LogP contribution in [0.15, 0.2) is 104 Å². The first-order chi connectivity index (χ1) is 17.1. The third-order valence-corrected chi connectivity index (χ3v) is 5.75. The molecule has 0 saturated heterocycles. The van der Waals surface area contributed by atoms with Gasteiger partial charge in [-0.05, 0) is 36.4 Å². The van der Waals surface area contributed by atoms with Crippen molar-refractivity contribution in [2.45, 2.75) is 6.54 Å². The molecule has 5 rings (SSSR count). The minimum atomic E-state index is -0.138. The van der Waals surface area contributed by atoms with E-state index in [1.807, 2.05) is 91.1 Å². The SMILES string of the molecule is COc1ccccc1-c1nn(-c2ccccc2)cc1C(=O)N(C)Cc1cnn(-c2ccccc2)c1. The Bertz CT molecular complexity index is 1440. The summed E-state index contributed by atoms with van der Waals surface area (Å²) in [5.74, 6) is 0.521. The van der Waals surface area contributed by atoms with Gasteiger partial charge in [0.1, 0.15) is 11.4 Å². The zero-order valence-corrected chi connectivity index (χ0v) is 19.6. The maximum absolute atomic E-state index is 13.7. The molecule has 0 aliphatic carbocycles. The molecular formula is C28H25N5O2. The maximum atomic E-state index is 13.7. The third-order valence-electron chi connectivity index (χ3n) is 5.75. The van der Waals surface area contributed by atoms with Crippen molar-refractivity contribution < 1.29 is 9.53 Å². The Labute approximate surface area is 203 Å². The molecule has 0 aliphatic heterocycles. The third kappa shape index (κ3) is 4.56. The topological polar surface area (TPSA) is 65.2 Å². The summed E-state index contributed by atoms with van der Waals surface area (Å²) in [4.78, 5) is 15.3. The minimum absolute atomic E-state index is 0.138. The molecule has 0 saturated carbocycles. The van der Waals surface area contributed by atoms with E-state index in [1.54, 1.807) is 40.8 Å². The zero-order chi connectivity index (χ0) is 24.2. The van der Waals surface area contributed by atoms with E-state index < -0.39 is 0 Å². The van der Waals surface area contributed by atoms with Crippen LogP contribution in [0.5, 0.6) is 5.75 Å². The second kappa shape index (κ2) is 9.69. The second-order valence-electron chi connectivity index (χ2n) is 8.16. The lowest BCUT2D eigenvalue weighted by atomic mass is 10.1. The molecule has 35 heavy (non-hydrogen) atoms. The van der Waals surface area contributed by atoms with Gasteiger partial charge < -0.3 is 9.64 Å². The lowest BCUT2D eigenvalue weighted by Crippen LogP contribution is -2.26. The maximum Gasteiger partial charge on any atom is 0.257 e. The van der Waals surface area contributed by atoms with Gasteiger partial charge in [0, 0.05) is 37.1 Å².